The van der Waals surface area contributed by atoms with Crippen molar-refractivity contribution in [3.63, 3.8) is 0 Å². The molecular formula is C15H8BrNO2. The Morgan fingerprint density at radius 3 is 2.63 bits per heavy atom. The van der Waals surface area contributed by atoms with Gasteiger partial charge in [-0.25, -0.2) is 0 Å². The van der Waals surface area contributed by atoms with Crippen LogP contribution in [0, 0.1) is 0 Å². The highest BCUT2D eigenvalue weighted by Gasteiger charge is 2.13. The van der Waals surface area contributed by atoms with Crippen LogP contribution in [0.3, 0.4) is 0 Å². The summed E-state index contributed by atoms with van der Waals surface area (Å²) in [4.78, 5) is 11.9. The van der Waals surface area contributed by atoms with E-state index in [0.717, 1.165) is 26.3 Å². The Bertz CT molecular complexity index is 1000. The average Bonchev–Trinajstić information content (AvgIpc) is 2.68. The molecule has 2 aromatic heterocycles. The van der Waals surface area contributed by atoms with Crippen LogP contribution in [-0.2, 0) is 0 Å². The number of hydrogen-bond donors (Lipinski definition) is 1. The lowest BCUT2D eigenvalue weighted by molar-refractivity contribution is 0.477. The van der Waals surface area contributed by atoms with Crippen molar-refractivity contribution in [3.8, 4) is 5.75 Å². The van der Waals surface area contributed by atoms with E-state index in [2.05, 4.69) is 15.9 Å². The Kier molecular flexibility index (Phi) is 1.98. The number of halogens is 1. The van der Waals surface area contributed by atoms with Crippen molar-refractivity contribution in [2.45, 2.75) is 0 Å². The lowest BCUT2D eigenvalue weighted by Crippen LogP contribution is -2.01. The fourth-order valence-electron chi connectivity index (χ4n) is 2.71. The second-order valence-electron chi connectivity index (χ2n) is 4.60. The maximum atomic E-state index is 11.9. The molecule has 4 rings (SSSR count). The molecule has 0 aliphatic carbocycles. The summed E-state index contributed by atoms with van der Waals surface area (Å²) in [6, 6.07) is 10.7. The minimum atomic E-state index is -0.0738. The Morgan fingerprint density at radius 2 is 1.79 bits per heavy atom. The Hall–Kier alpha value is -2.07. The van der Waals surface area contributed by atoms with E-state index in [1.165, 1.54) is 12.1 Å². The topological polar surface area (TPSA) is 41.7 Å². The standard InChI is InChI=1S/C15H8BrNO2/c16-8-1-2-13-10(5-8)11-6-9(18)7-12-14(19)3-4-17(13)15(11)12/h1-7,18H. The smallest absolute Gasteiger partial charge is 0.189 e. The van der Waals surface area contributed by atoms with Crippen LogP contribution in [0.25, 0.3) is 27.2 Å². The normalized spacial score (nSPS) is 11.8. The molecule has 2 heterocycles. The van der Waals surface area contributed by atoms with Crippen LogP contribution < -0.4 is 5.43 Å². The molecule has 0 unspecified atom stereocenters. The van der Waals surface area contributed by atoms with Gasteiger partial charge >= 0.3 is 0 Å². The molecule has 0 fully saturated rings. The maximum absolute atomic E-state index is 11.9. The van der Waals surface area contributed by atoms with Crippen LogP contribution in [0.5, 0.6) is 5.75 Å². The monoisotopic (exact) mass is 313 g/mol. The quantitative estimate of drug-likeness (QED) is 0.540. The predicted molar refractivity (Wildman–Crippen MR) is 79.2 cm³/mol. The van der Waals surface area contributed by atoms with E-state index in [4.69, 9.17) is 0 Å². The van der Waals surface area contributed by atoms with Crippen molar-refractivity contribution in [2.24, 2.45) is 0 Å². The molecule has 4 aromatic rings. The van der Waals surface area contributed by atoms with Gasteiger partial charge in [-0.05, 0) is 30.3 Å². The van der Waals surface area contributed by atoms with Gasteiger partial charge in [-0.3, -0.25) is 4.79 Å². The van der Waals surface area contributed by atoms with Crippen molar-refractivity contribution in [3.05, 3.63) is 57.3 Å². The van der Waals surface area contributed by atoms with Crippen LogP contribution >= 0.6 is 15.9 Å². The van der Waals surface area contributed by atoms with E-state index in [9.17, 15) is 9.90 Å². The summed E-state index contributed by atoms with van der Waals surface area (Å²) in [5.41, 5.74) is 1.81. The fourth-order valence-corrected chi connectivity index (χ4v) is 3.07. The minimum absolute atomic E-state index is 0.0738. The third-order valence-electron chi connectivity index (χ3n) is 3.48. The number of fused-ring (bicyclic) bond motifs is 3. The average molecular weight is 314 g/mol. The third kappa shape index (κ3) is 1.35. The van der Waals surface area contributed by atoms with Gasteiger partial charge in [0.1, 0.15) is 5.75 Å². The first kappa shape index (κ1) is 10.8. The number of hydrogen-bond acceptors (Lipinski definition) is 2. The lowest BCUT2D eigenvalue weighted by atomic mass is 10.1. The van der Waals surface area contributed by atoms with Crippen molar-refractivity contribution >= 4 is 43.1 Å². The number of phenolic OH excluding ortho intramolecular Hbond substituents is 1. The number of pyridine rings is 1. The predicted octanol–water partition coefficient (Wildman–Crippen LogP) is 3.51. The summed E-state index contributed by atoms with van der Waals surface area (Å²) < 4.78 is 2.96. The largest absolute Gasteiger partial charge is 0.508 e. The molecule has 0 bridgehead atoms. The number of aromatic hydroxyl groups is 1. The van der Waals surface area contributed by atoms with Gasteiger partial charge in [0.15, 0.2) is 5.43 Å². The first-order valence-electron chi connectivity index (χ1n) is 5.84. The first-order chi connectivity index (χ1) is 9.15. The van der Waals surface area contributed by atoms with E-state index in [1.54, 1.807) is 12.3 Å². The van der Waals surface area contributed by atoms with Crippen LogP contribution in [0.15, 0.2) is 51.9 Å². The van der Waals surface area contributed by atoms with Gasteiger partial charge in [0.25, 0.3) is 0 Å². The second-order valence-corrected chi connectivity index (χ2v) is 5.52. The zero-order chi connectivity index (χ0) is 13.1. The van der Waals surface area contributed by atoms with Gasteiger partial charge in [0.05, 0.1) is 16.4 Å². The van der Waals surface area contributed by atoms with Crippen LogP contribution in [0.4, 0.5) is 0 Å². The van der Waals surface area contributed by atoms with Gasteiger partial charge < -0.3 is 9.51 Å². The van der Waals surface area contributed by atoms with Gasteiger partial charge in [-0.2, -0.15) is 0 Å². The number of nitrogens with zero attached hydrogens (tertiary/aromatic N) is 1. The Balaban J connectivity index is 2.47. The summed E-state index contributed by atoms with van der Waals surface area (Å²) in [5.74, 6) is 0.116. The van der Waals surface area contributed by atoms with E-state index < -0.39 is 0 Å². The molecule has 0 saturated heterocycles. The summed E-state index contributed by atoms with van der Waals surface area (Å²) >= 11 is 3.46. The first-order valence-corrected chi connectivity index (χ1v) is 6.63. The molecule has 0 amide bonds. The molecule has 1 N–H and O–H groups in total. The Labute approximate surface area is 116 Å². The molecule has 0 aliphatic heterocycles. The molecule has 3 nitrogen and oxygen atoms in total. The number of phenols is 1. The second kappa shape index (κ2) is 3.48. The van der Waals surface area contributed by atoms with Crippen molar-refractivity contribution in [1.82, 2.24) is 4.40 Å². The van der Waals surface area contributed by atoms with Crippen LogP contribution in [0.1, 0.15) is 0 Å². The summed E-state index contributed by atoms with van der Waals surface area (Å²) in [6.07, 6.45) is 1.78. The fraction of sp³-hybridized carbons (Fsp3) is 0. The molecule has 0 spiro atoms. The van der Waals surface area contributed by atoms with Crippen molar-refractivity contribution < 1.29 is 5.11 Å². The van der Waals surface area contributed by atoms with E-state index in [-0.39, 0.29) is 11.2 Å². The zero-order valence-corrected chi connectivity index (χ0v) is 11.3. The summed E-state index contributed by atoms with van der Waals surface area (Å²) in [7, 11) is 0. The number of aromatic nitrogens is 1. The molecule has 19 heavy (non-hydrogen) atoms. The van der Waals surface area contributed by atoms with Gasteiger partial charge in [-0.15, -0.1) is 0 Å². The highest BCUT2D eigenvalue weighted by Crippen LogP contribution is 2.34. The lowest BCUT2D eigenvalue weighted by Gasteiger charge is -2.00. The number of rotatable bonds is 0. The molecule has 0 radical (unpaired) electrons. The molecule has 92 valence electrons. The highest BCUT2D eigenvalue weighted by atomic mass is 79.9. The van der Waals surface area contributed by atoms with Gasteiger partial charge in [0.2, 0.25) is 0 Å². The van der Waals surface area contributed by atoms with Crippen molar-refractivity contribution in [1.29, 1.82) is 0 Å². The molecule has 0 saturated carbocycles. The van der Waals surface area contributed by atoms with Gasteiger partial charge in [-0.1, -0.05) is 15.9 Å². The summed E-state index contributed by atoms with van der Waals surface area (Å²) in [6.45, 7) is 0. The van der Waals surface area contributed by atoms with E-state index >= 15 is 0 Å². The highest BCUT2D eigenvalue weighted by molar-refractivity contribution is 9.10. The van der Waals surface area contributed by atoms with E-state index in [1.807, 2.05) is 22.6 Å². The molecular weight excluding hydrogens is 306 g/mol. The zero-order valence-electron chi connectivity index (χ0n) is 9.72. The van der Waals surface area contributed by atoms with Gasteiger partial charge in [0, 0.05) is 27.5 Å². The van der Waals surface area contributed by atoms with Crippen molar-refractivity contribution in [2.75, 3.05) is 0 Å². The van der Waals surface area contributed by atoms with Crippen LogP contribution in [-0.4, -0.2) is 9.51 Å². The SMILES string of the molecule is O=c1ccn2c3ccc(Br)cc3c3cc(O)cc1c32. The molecule has 0 atom stereocenters. The Morgan fingerprint density at radius 1 is 1.00 bits per heavy atom. The van der Waals surface area contributed by atoms with E-state index in [0.29, 0.717) is 5.39 Å². The third-order valence-corrected chi connectivity index (χ3v) is 3.98. The minimum Gasteiger partial charge on any atom is -0.508 e. The summed E-state index contributed by atoms with van der Waals surface area (Å²) in [5, 5.41) is 12.3. The molecule has 2 aromatic carbocycles. The number of benzene rings is 2. The molecule has 4 heteroatoms. The maximum Gasteiger partial charge on any atom is 0.189 e. The van der Waals surface area contributed by atoms with Crippen LogP contribution in [0.2, 0.25) is 0 Å². The molecule has 0 aliphatic rings.